The lowest BCUT2D eigenvalue weighted by Gasteiger charge is -2.25. The molecule has 98 valence electrons. The molecular weight excluding hydrogens is 349 g/mol. The van der Waals surface area contributed by atoms with Crippen LogP contribution in [-0.2, 0) is 0 Å². The Hall–Kier alpha value is 0.310. The van der Waals surface area contributed by atoms with Crippen molar-refractivity contribution in [2.24, 2.45) is 11.8 Å². The van der Waals surface area contributed by atoms with Gasteiger partial charge in [0.25, 0.3) is 0 Å². The summed E-state index contributed by atoms with van der Waals surface area (Å²) < 4.78 is 73.6. The van der Waals surface area contributed by atoms with E-state index in [1.54, 1.807) is 29.5 Å². The average Bonchev–Trinajstić information content (AvgIpc) is 1.98. The minimum absolute atomic E-state index is 0.273. The van der Waals surface area contributed by atoms with Crippen LogP contribution in [0.15, 0.2) is 0 Å². The second kappa shape index (κ2) is 5.77. The minimum atomic E-state index is -4.56. The van der Waals surface area contributed by atoms with Crippen LogP contribution in [0.25, 0.3) is 0 Å². The summed E-state index contributed by atoms with van der Waals surface area (Å²) >= 11 is 1.78. The molecule has 0 spiro atoms. The van der Waals surface area contributed by atoms with Gasteiger partial charge in [-0.3, -0.25) is 0 Å². The monoisotopic (exact) mass is 362 g/mol. The largest absolute Gasteiger partial charge is 0.391 e. The maximum absolute atomic E-state index is 12.5. The van der Waals surface area contributed by atoms with Gasteiger partial charge in [-0.1, -0.05) is 36.4 Å². The Morgan fingerprint density at radius 3 is 1.56 bits per heavy atom. The fraction of sp³-hybridized carbons (Fsp3) is 1.00. The molecule has 0 aromatic rings. The Kier molecular flexibility index (Phi) is 5.88. The van der Waals surface area contributed by atoms with Crippen molar-refractivity contribution in [3.8, 4) is 0 Å². The molecule has 0 aromatic heterocycles. The van der Waals surface area contributed by atoms with Gasteiger partial charge in [-0.25, -0.2) is 0 Å². The Labute approximate surface area is 104 Å². The highest BCUT2D eigenvalue weighted by atomic mass is 127. The summed E-state index contributed by atoms with van der Waals surface area (Å²) in [6.07, 6.45) is -10.3. The third-order valence-corrected chi connectivity index (χ3v) is 2.78. The molecule has 0 aromatic carbocycles. The third-order valence-electron chi connectivity index (χ3n) is 2.27. The number of alkyl halides is 7. The van der Waals surface area contributed by atoms with E-state index in [2.05, 4.69) is 0 Å². The molecule has 0 N–H and O–H groups in total. The van der Waals surface area contributed by atoms with Gasteiger partial charge in [-0.2, -0.15) is 26.3 Å². The summed E-state index contributed by atoms with van der Waals surface area (Å²) in [6.45, 7) is 2.34. The molecular formula is C9H13F6I. The molecule has 0 saturated carbocycles. The first kappa shape index (κ1) is 16.3. The second-order valence-corrected chi connectivity index (χ2v) is 6.06. The lowest BCUT2D eigenvalue weighted by Crippen LogP contribution is -2.31. The van der Waals surface area contributed by atoms with E-state index >= 15 is 0 Å². The number of halogens is 7. The summed E-state index contributed by atoms with van der Waals surface area (Å²) in [5.41, 5.74) is 0. The first-order chi connectivity index (χ1) is 6.94. The Bertz CT molecular complexity index is 207. The van der Waals surface area contributed by atoms with Crippen molar-refractivity contribution in [2.75, 3.05) is 0 Å². The molecule has 0 radical (unpaired) electrons. The zero-order valence-corrected chi connectivity index (χ0v) is 10.9. The van der Waals surface area contributed by atoms with E-state index in [0.717, 1.165) is 6.92 Å². The average molecular weight is 362 g/mol. The van der Waals surface area contributed by atoms with Gasteiger partial charge in [0.15, 0.2) is 0 Å². The van der Waals surface area contributed by atoms with Gasteiger partial charge in [0.2, 0.25) is 0 Å². The van der Waals surface area contributed by atoms with Gasteiger partial charge in [0.1, 0.15) is 0 Å². The van der Waals surface area contributed by atoms with Gasteiger partial charge < -0.3 is 0 Å². The molecule has 0 aliphatic carbocycles. The molecule has 16 heavy (non-hydrogen) atoms. The lowest BCUT2D eigenvalue weighted by atomic mass is 9.91. The predicted molar refractivity (Wildman–Crippen MR) is 57.5 cm³/mol. The fourth-order valence-electron chi connectivity index (χ4n) is 1.32. The first-order valence-electron chi connectivity index (χ1n) is 4.72. The highest BCUT2D eigenvalue weighted by Gasteiger charge is 2.45. The maximum Gasteiger partial charge on any atom is 0.391 e. The van der Waals surface area contributed by atoms with Crippen LogP contribution in [0.2, 0.25) is 0 Å². The van der Waals surface area contributed by atoms with Crippen LogP contribution in [-0.4, -0.2) is 16.3 Å². The summed E-state index contributed by atoms with van der Waals surface area (Å²) in [5, 5.41) is 0. The SMILES string of the molecule is CC(I)CC(CC(C)C(F)(F)F)C(F)(F)F. The Morgan fingerprint density at radius 2 is 1.31 bits per heavy atom. The molecule has 0 saturated heterocycles. The van der Waals surface area contributed by atoms with E-state index in [1.807, 2.05) is 0 Å². The number of rotatable bonds is 4. The third kappa shape index (κ3) is 6.15. The maximum atomic E-state index is 12.5. The number of hydrogen-bond acceptors (Lipinski definition) is 0. The molecule has 0 aliphatic heterocycles. The topological polar surface area (TPSA) is 0 Å². The first-order valence-corrected chi connectivity index (χ1v) is 5.96. The van der Waals surface area contributed by atoms with Crippen molar-refractivity contribution in [2.45, 2.75) is 43.0 Å². The van der Waals surface area contributed by atoms with Crippen molar-refractivity contribution in [3.63, 3.8) is 0 Å². The molecule has 0 aliphatic rings. The Morgan fingerprint density at radius 1 is 0.875 bits per heavy atom. The molecule has 7 heteroatoms. The highest BCUT2D eigenvalue weighted by molar-refractivity contribution is 14.1. The van der Waals surface area contributed by atoms with E-state index in [-0.39, 0.29) is 10.3 Å². The van der Waals surface area contributed by atoms with Crippen molar-refractivity contribution in [3.05, 3.63) is 0 Å². The van der Waals surface area contributed by atoms with E-state index in [0.29, 0.717) is 0 Å². The van der Waals surface area contributed by atoms with Crippen molar-refractivity contribution in [1.29, 1.82) is 0 Å². The summed E-state index contributed by atoms with van der Waals surface area (Å²) in [7, 11) is 0. The molecule has 0 fully saturated rings. The van der Waals surface area contributed by atoms with Gasteiger partial charge >= 0.3 is 12.4 Å². The predicted octanol–water partition coefficient (Wildman–Crippen LogP) is 4.97. The van der Waals surface area contributed by atoms with E-state index < -0.39 is 30.6 Å². The van der Waals surface area contributed by atoms with Gasteiger partial charge in [-0.05, 0) is 12.8 Å². The van der Waals surface area contributed by atoms with Gasteiger partial charge in [-0.15, -0.1) is 0 Å². The molecule has 0 amide bonds. The normalized spacial score (nSPS) is 19.3. The van der Waals surface area contributed by atoms with Crippen LogP contribution >= 0.6 is 22.6 Å². The van der Waals surface area contributed by atoms with Crippen LogP contribution < -0.4 is 0 Å². The van der Waals surface area contributed by atoms with Crippen LogP contribution in [0.1, 0.15) is 26.7 Å². The van der Waals surface area contributed by atoms with Gasteiger partial charge in [0, 0.05) is 3.92 Å². The van der Waals surface area contributed by atoms with Crippen LogP contribution in [0, 0.1) is 11.8 Å². The fourth-order valence-corrected chi connectivity index (χ4v) is 1.93. The van der Waals surface area contributed by atoms with Crippen LogP contribution in [0.4, 0.5) is 26.3 Å². The summed E-state index contributed by atoms with van der Waals surface area (Å²) in [5.74, 6) is -3.80. The minimum Gasteiger partial charge on any atom is -0.171 e. The molecule has 3 atom stereocenters. The van der Waals surface area contributed by atoms with E-state index in [1.165, 1.54) is 0 Å². The van der Waals surface area contributed by atoms with E-state index in [9.17, 15) is 26.3 Å². The lowest BCUT2D eigenvalue weighted by molar-refractivity contribution is -0.208. The Balaban J connectivity index is 4.56. The van der Waals surface area contributed by atoms with Crippen LogP contribution in [0.5, 0.6) is 0 Å². The number of hydrogen-bond donors (Lipinski definition) is 0. The van der Waals surface area contributed by atoms with E-state index in [4.69, 9.17) is 0 Å². The molecule has 0 rings (SSSR count). The van der Waals surface area contributed by atoms with Crippen molar-refractivity contribution < 1.29 is 26.3 Å². The zero-order chi connectivity index (χ0) is 13.1. The summed E-state index contributed by atoms with van der Waals surface area (Å²) in [6, 6.07) is 0. The van der Waals surface area contributed by atoms with Crippen LogP contribution in [0.3, 0.4) is 0 Å². The standard InChI is InChI=1S/C9H13F6I/c1-5(8(10,11)12)3-7(4-6(2)16)9(13,14)15/h5-7H,3-4H2,1-2H3. The highest BCUT2D eigenvalue weighted by Crippen LogP contribution is 2.40. The molecule has 0 nitrogen and oxygen atoms in total. The molecule has 0 heterocycles. The molecule has 0 bridgehead atoms. The second-order valence-electron chi connectivity index (χ2n) is 3.93. The zero-order valence-electron chi connectivity index (χ0n) is 8.79. The van der Waals surface area contributed by atoms with Gasteiger partial charge in [0.05, 0.1) is 11.8 Å². The quantitative estimate of drug-likeness (QED) is 0.377. The molecule has 3 unspecified atom stereocenters. The van der Waals surface area contributed by atoms with Crippen molar-refractivity contribution >= 4 is 22.6 Å². The smallest absolute Gasteiger partial charge is 0.171 e. The summed E-state index contributed by atoms with van der Waals surface area (Å²) in [4.78, 5) is 0. The van der Waals surface area contributed by atoms with Crippen molar-refractivity contribution in [1.82, 2.24) is 0 Å².